The van der Waals surface area contributed by atoms with Crippen molar-refractivity contribution in [2.75, 3.05) is 19.1 Å². The molecule has 26 heavy (non-hydrogen) atoms. The summed E-state index contributed by atoms with van der Waals surface area (Å²) < 4.78 is 13.4. The Balaban J connectivity index is 1.63. The summed E-state index contributed by atoms with van der Waals surface area (Å²) in [4.78, 5) is 4.04. The van der Waals surface area contributed by atoms with Crippen molar-refractivity contribution in [3.8, 4) is 11.5 Å². The fraction of sp³-hybridized carbons (Fsp3) is 0.200. The van der Waals surface area contributed by atoms with Gasteiger partial charge >= 0.3 is 0 Å². The average Bonchev–Trinajstić information content (AvgIpc) is 3.20. The highest BCUT2D eigenvalue weighted by molar-refractivity contribution is 5.85. The molecule has 3 aromatic rings. The standard InChI is InChI=1S/C20H22N4O2/c1-25-19-10-5-7-17(15-22-23-18-8-3-2-4-9-18)20(19)26-14-6-12-24-13-11-21-16-24/h2-5,7-11,13,15-16,23H,6,12,14H2,1H3. The minimum absolute atomic E-state index is 0.575. The first kappa shape index (κ1) is 17.5. The molecule has 0 aliphatic carbocycles. The topological polar surface area (TPSA) is 60.7 Å². The quantitative estimate of drug-likeness (QED) is 0.362. The molecular formula is C20H22N4O2. The van der Waals surface area contributed by atoms with Crippen molar-refractivity contribution < 1.29 is 9.47 Å². The van der Waals surface area contributed by atoms with Gasteiger partial charge < -0.3 is 14.0 Å². The van der Waals surface area contributed by atoms with Gasteiger partial charge in [0, 0.05) is 24.5 Å². The second-order valence-corrected chi connectivity index (χ2v) is 5.62. The lowest BCUT2D eigenvalue weighted by molar-refractivity contribution is 0.282. The highest BCUT2D eigenvalue weighted by Gasteiger charge is 2.09. The fourth-order valence-corrected chi connectivity index (χ4v) is 2.48. The number of hydrogen-bond donors (Lipinski definition) is 1. The molecule has 0 bridgehead atoms. The number of hydrogen-bond acceptors (Lipinski definition) is 5. The zero-order valence-corrected chi connectivity index (χ0v) is 14.7. The molecule has 0 fully saturated rings. The maximum Gasteiger partial charge on any atom is 0.169 e. The van der Waals surface area contributed by atoms with Crippen LogP contribution in [-0.4, -0.2) is 29.5 Å². The van der Waals surface area contributed by atoms with Gasteiger partial charge in [-0.2, -0.15) is 5.10 Å². The zero-order valence-electron chi connectivity index (χ0n) is 14.7. The third-order valence-corrected chi connectivity index (χ3v) is 3.77. The Morgan fingerprint density at radius 1 is 1.15 bits per heavy atom. The third kappa shape index (κ3) is 4.86. The van der Waals surface area contributed by atoms with E-state index in [1.807, 2.05) is 59.3 Å². The van der Waals surface area contributed by atoms with Gasteiger partial charge in [0.1, 0.15) is 0 Å². The van der Waals surface area contributed by atoms with E-state index in [1.165, 1.54) is 0 Å². The van der Waals surface area contributed by atoms with Crippen molar-refractivity contribution in [2.45, 2.75) is 13.0 Å². The van der Waals surface area contributed by atoms with E-state index in [4.69, 9.17) is 9.47 Å². The normalized spacial score (nSPS) is 10.8. The average molecular weight is 350 g/mol. The van der Waals surface area contributed by atoms with Crippen LogP contribution in [0.25, 0.3) is 0 Å². The monoisotopic (exact) mass is 350 g/mol. The van der Waals surface area contributed by atoms with E-state index in [-0.39, 0.29) is 0 Å². The van der Waals surface area contributed by atoms with Crippen LogP contribution in [0.5, 0.6) is 11.5 Å². The van der Waals surface area contributed by atoms with E-state index in [0.717, 1.165) is 24.2 Å². The largest absolute Gasteiger partial charge is 0.493 e. The lowest BCUT2D eigenvalue weighted by atomic mass is 10.2. The first-order valence-electron chi connectivity index (χ1n) is 8.46. The summed E-state index contributed by atoms with van der Waals surface area (Å²) in [5.41, 5.74) is 4.79. The molecule has 0 unspecified atom stereocenters. The summed E-state index contributed by atoms with van der Waals surface area (Å²) >= 11 is 0. The van der Waals surface area contributed by atoms with Gasteiger partial charge in [0.2, 0.25) is 0 Å². The number of imidazole rings is 1. The van der Waals surface area contributed by atoms with E-state index in [9.17, 15) is 0 Å². The van der Waals surface area contributed by atoms with Crippen LogP contribution in [0.3, 0.4) is 0 Å². The van der Waals surface area contributed by atoms with Gasteiger partial charge in [-0.15, -0.1) is 0 Å². The van der Waals surface area contributed by atoms with Crippen molar-refractivity contribution in [1.82, 2.24) is 9.55 Å². The van der Waals surface area contributed by atoms with Gasteiger partial charge in [-0.3, -0.25) is 5.43 Å². The van der Waals surface area contributed by atoms with E-state index < -0.39 is 0 Å². The molecule has 6 heteroatoms. The van der Waals surface area contributed by atoms with Gasteiger partial charge in [0.25, 0.3) is 0 Å². The summed E-state index contributed by atoms with van der Waals surface area (Å²) in [5.74, 6) is 1.38. The van der Waals surface area contributed by atoms with Gasteiger partial charge in [0.05, 0.1) is 31.9 Å². The molecule has 0 aliphatic rings. The second kappa shape index (κ2) is 9.27. The number of methoxy groups -OCH3 is 1. The van der Waals surface area contributed by atoms with E-state index >= 15 is 0 Å². The Kier molecular flexibility index (Phi) is 6.25. The number of aromatic nitrogens is 2. The molecule has 2 aromatic carbocycles. The number of ether oxygens (including phenoxy) is 2. The van der Waals surface area contributed by atoms with Crippen LogP contribution in [0, 0.1) is 0 Å². The molecule has 0 amide bonds. The van der Waals surface area contributed by atoms with Crippen LogP contribution in [0.4, 0.5) is 5.69 Å². The van der Waals surface area contributed by atoms with Gasteiger partial charge in [-0.25, -0.2) is 4.98 Å². The molecule has 0 saturated carbocycles. The molecule has 0 spiro atoms. The van der Waals surface area contributed by atoms with Gasteiger partial charge in [0.15, 0.2) is 11.5 Å². The van der Waals surface area contributed by atoms with Crippen molar-refractivity contribution >= 4 is 11.9 Å². The Hall–Kier alpha value is -3.28. The predicted molar refractivity (Wildman–Crippen MR) is 103 cm³/mol. The number of benzene rings is 2. The highest BCUT2D eigenvalue weighted by atomic mass is 16.5. The summed E-state index contributed by atoms with van der Waals surface area (Å²) in [6.45, 7) is 1.43. The zero-order chi connectivity index (χ0) is 18.0. The number of nitrogens with one attached hydrogen (secondary N) is 1. The highest BCUT2D eigenvalue weighted by Crippen LogP contribution is 2.30. The number of rotatable bonds is 9. The number of anilines is 1. The molecule has 0 atom stereocenters. The predicted octanol–water partition coefficient (Wildman–Crippen LogP) is 3.81. The SMILES string of the molecule is COc1cccc(C=NNc2ccccc2)c1OCCCn1ccnc1. The van der Waals surface area contributed by atoms with Crippen LogP contribution in [0.2, 0.25) is 0 Å². The molecule has 0 aliphatic heterocycles. The number of para-hydroxylation sites is 2. The molecule has 1 N–H and O–H groups in total. The summed E-state index contributed by atoms with van der Waals surface area (Å²) in [6, 6.07) is 15.5. The minimum atomic E-state index is 0.575. The number of hydrazone groups is 1. The first-order chi connectivity index (χ1) is 12.9. The lowest BCUT2D eigenvalue weighted by Gasteiger charge is -2.13. The first-order valence-corrected chi connectivity index (χ1v) is 8.46. The number of nitrogens with zero attached hydrogens (tertiary/aromatic N) is 3. The van der Waals surface area contributed by atoms with E-state index in [0.29, 0.717) is 18.1 Å². The minimum Gasteiger partial charge on any atom is -0.493 e. The molecule has 6 nitrogen and oxygen atoms in total. The van der Waals surface area contributed by atoms with Gasteiger partial charge in [-0.1, -0.05) is 24.3 Å². The Bertz CT molecular complexity index is 817. The molecule has 1 aromatic heterocycles. The molecule has 134 valence electrons. The molecule has 3 rings (SSSR count). The third-order valence-electron chi connectivity index (χ3n) is 3.77. The Morgan fingerprint density at radius 3 is 2.81 bits per heavy atom. The van der Waals surface area contributed by atoms with Crippen molar-refractivity contribution in [2.24, 2.45) is 5.10 Å². The van der Waals surface area contributed by atoms with Gasteiger partial charge in [-0.05, 0) is 30.7 Å². The van der Waals surface area contributed by atoms with Crippen LogP contribution in [0.15, 0.2) is 72.4 Å². The molecular weight excluding hydrogens is 328 g/mol. The lowest BCUT2D eigenvalue weighted by Crippen LogP contribution is -2.06. The maximum atomic E-state index is 5.98. The second-order valence-electron chi connectivity index (χ2n) is 5.62. The fourth-order valence-electron chi connectivity index (χ4n) is 2.48. The molecule has 0 radical (unpaired) electrons. The van der Waals surface area contributed by atoms with Crippen LogP contribution >= 0.6 is 0 Å². The van der Waals surface area contributed by atoms with E-state index in [2.05, 4.69) is 15.5 Å². The molecule has 0 saturated heterocycles. The summed E-state index contributed by atoms with van der Waals surface area (Å²) in [7, 11) is 1.64. The van der Waals surface area contributed by atoms with Crippen molar-refractivity contribution in [3.63, 3.8) is 0 Å². The van der Waals surface area contributed by atoms with Crippen LogP contribution in [-0.2, 0) is 6.54 Å². The summed E-state index contributed by atoms with van der Waals surface area (Å²) in [6.07, 6.45) is 8.12. The van der Waals surface area contributed by atoms with E-state index in [1.54, 1.807) is 25.8 Å². The van der Waals surface area contributed by atoms with Crippen LogP contribution in [0.1, 0.15) is 12.0 Å². The van der Waals surface area contributed by atoms with Crippen LogP contribution < -0.4 is 14.9 Å². The smallest absolute Gasteiger partial charge is 0.169 e. The number of aryl methyl sites for hydroxylation is 1. The maximum absolute atomic E-state index is 5.98. The Labute approximate surface area is 153 Å². The Morgan fingerprint density at radius 2 is 2.04 bits per heavy atom. The van der Waals surface area contributed by atoms with Crippen molar-refractivity contribution in [1.29, 1.82) is 0 Å². The van der Waals surface area contributed by atoms with Crippen molar-refractivity contribution in [3.05, 3.63) is 72.8 Å². The molecule has 1 heterocycles. The summed E-state index contributed by atoms with van der Waals surface area (Å²) in [5, 5.41) is 4.29.